The Balaban J connectivity index is 1.13. The van der Waals surface area contributed by atoms with Crippen molar-refractivity contribution >= 4 is 17.6 Å². The Morgan fingerprint density at radius 1 is 0.921 bits per heavy atom. The maximum Gasteiger partial charge on any atom is 0.314 e. The second-order valence-corrected chi connectivity index (χ2v) is 12.8. The Morgan fingerprint density at radius 3 is 2.26 bits per heavy atom. The van der Waals surface area contributed by atoms with Gasteiger partial charge in [0.2, 0.25) is 0 Å². The molecule has 1 saturated heterocycles. The van der Waals surface area contributed by atoms with Crippen LogP contribution < -0.4 is 5.32 Å². The number of aliphatic hydroxyl groups is 1. The number of carboxylic acid groups (broad SMARTS) is 1. The van der Waals surface area contributed by atoms with Crippen LogP contribution in [-0.4, -0.2) is 52.2 Å². The highest BCUT2D eigenvalue weighted by atomic mass is 16.4. The van der Waals surface area contributed by atoms with Crippen LogP contribution in [0.4, 0.5) is 5.69 Å². The van der Waals surface area contributed by atoms with E-state index in [0.717, 1.165) is 12.1 Å². The summed E-state index contributed by atoms with van der Waals surface area (Å²) in [6, 6.07) is 17.3. The zero-order valence-corrected chi connectivity index (χ0v) is 22.0. The molecule has 3 atom stereocenters. The predicted molar refractivity (Wildman–Crippen MR) is 145 cm³/mol. The minimum absolute atomic E-state index is 0.169. The van der Waals surface area contributed by atoms with Crippen LogP contribution in [0.1, 0.15) is 86.3 Å². The van der Waals surface area contributed by atoms with E-state index < -0.39 is 17.0 Å². The number of nitrogens with zero attached hydrogens (tertiary/aromatic N) is 1. The number of aliphatic carboxylic acids is 1. The van der Waals surface area contributed by atoms with Crippen LogP contribution in [0.3, 0.4) is 0 Å². The molecule has 6 nitrogen and oxygen atoms in total. The lowest BCUT2D eigenvalue weighted by atomic mass is 9.70. The number of rotatable bonds is 5. The Bertz CT molecular complexity index is 1250. The first kappa shape index (κ1) is 24.2. The highest BCUT2D eigenvalue weighted by molar-refractivity contribution is 5.89. The van der Waals surface area contributed by atoms with Crippen molar-refractivity contribution in [1.82, 2.24) is 4.90 Å². The molecule has 3 N–H and O–H groups in total. The topological polar surface area (TPSA) is 89.9 Å². The van der Waals surface area contributed by atoms with Crippen molar-refractivity contribution < 1.29 is 19.8 Å². The molecule has 2 unspecified atom stereocenters. The van der Waals surface area contributed by atoms with Crippen LogP contribution in [-0.2, 0) is 15.0 Å². The third-order valence-corrected chi connectivity index (χ3v) is 10.9. The van der Waals surface area contributed by atoms with Crippen LogP contribution in [0.2, 0.25) is 0 Å². The van der Waals surface area contributed by atoms with E-state index in [9.17, 15) is 19.8 Å². The molecule has 1 spiro atoms. The van der Waals surface area contributed by atoms with E-state index in [2.05, 4.69) is 53.8 Å². The molecule has 200 valence electrons. The van der Waals surface area contributed by atoms with E-state index in [1.165, 1.54) is 42.5 Å². The van der Waals surface area contributed by atoms with Crippen molar-refractivity contribution in [2.45, 2.75) is 80.6 Å². The fourth-order valence-electron chi connectivity index (χ4n) is 8.42. The predicted octanol–water partition coefficient (Wildman–Crippen LogP) is 5.03. The molecule has 3 aliphatic carbocycles. The first-order valence-corrected chi connectivity index (χ1v) is 14.6. The van der Waals surface area contributed by atoms with Crippen molar-refractivity contribution in [2.24, 2.45) is 11.3 Å². The number of nitrogens with one attached hydrogen (secondary N) is 1. The summed E-state index contributed by atoms with van der Waals surface area (Å²) in [4.78, 5) is 27.1. The van der Waals surface area contributed by atoms with Gasteiger partial charge in [0, 0.05) is 31.2 Å². The first-order valence-electron chi connectivity index (χ1n) is 14.6. The molecular weight excluding hydrogens is 476 g/mol. The molecule has 38 heavy (non-hydrogen) atoms. The smallest absolute Gasteiger partial charge is 0.314 e. The highest BCUT2D eigenvalue weighted by Gasteiger charge is 2.73. The Kier molecular flexibility index (Phi) is 5.46. The van der Waals surface area contributed by atoms with E-state index in [0.29, 0.717) is 62.9 Å². The number of likely N-dealkylation sites (tertiary alicyclic amines) is 1. The summed E-state index contributed by atoms with van der Waals surface area (Å²) < 4.78 is 0. The quantitative estimate of drug-likeness (QED) is 0.521. The molecule has 0 aromatic heterocycles. The number of carboxylic acids is 1. The van der Waals surface area contributed by atoms with Crippen molar-refractivity contribution in [2.75, 3.05) is 25.0 Å². The van der Waals surface area contributed by atoms with Crippen molar-refractivity contribution in [3.05, 3.63) is 65.2 Å². The van der Waals surface area contributed by atoms with Crippen LogP contribution in [0.25, 0.3) is 0 Å². The third-order valence-electron chi connectivity index (χ3n) is 10.9. The summed E-state index contributed by atoms with van der Waals surface area (Å²) in [6.45, 7) is 1.97. The second-order valence-electron chi connectivity index (χ2n) is 12.8. The van der Waals surface area contributed by atoms with Gasteiger partial charge in [0.1, 0.15) is 5.60 Å². The van der Waals surface area contributed by atoms with Gasteiger partial charge >= 0.3 is 5.97 Å². The SMILES string of the molecule is O=C(N1CCC2(CC1)C[C@@]2(C(=O)O)c1ccc(C2CNc3ccccc3C2C2CCCC2)cc1)C1(O)CC1. The monoisotopic (exact) mass is 514 g/mol. The van der Waals surface area contributed by atoms with Gasteiger partial charge in [0.25, 0.3) is 5.91 Å². The van der Waals surface area contributed by atoms with Crippen LogP contribution in [0.5, 0.6) is 0 Å². The lowest BCUT2D eigenvalue weighted by molar-refractivity contribution is -0.145. The number of fused-ring (bicyclic) bond motifs is 1. The maximum absolute atomic E-state index is 12.8. The highest BCUT2D eigenvalue weighted by Crippen LogP contribution is 2.70. The number of hydrogen-bond donors (Lipinski definition) is 3. The largest absolute Gasteiger partial charge is 0.481 e. The van der Waals surface area contributed by atoms with Crippen LogP contribution in [0, 0.1) is 11.3 Å². The summed E-state index contributed by atoms with van der Waals surface area (Å²) in [5.74, 6) is 0.644. The molecule has 5 aliphatic rings. The molecule has 7 rings (SSSR count). The number of para-hydroxylation sites is 1. The van der Waals surface area contributed by atoms with Gasteiger partial charge in [-0.15, -0.1) is 0 Å². The van der Waals surface area contributed by atoms with E-state index in [4.69, 9.17) is 0 Å². The fraction of sp³-hybridized carbons (Fsp3) is 0.562. The van der Waals surface area contributed by atoms with E-state index in [1.807, 2.05) is 0 Å². The number of carbonyl (C=O) groups excluding carboxylic acids is 1. The summed E-state index contributed by atoms with van der Waals surface area (Å²) in [5.41, 5.74) is 2.55. The van der Waals surface area contributed by atoms with Gasteiger partial charge < -0.3 is 20.4 Å². The minimum atomic E-state index is -1.15. The van der Waals surface area contributed by atoms with Crippen LogP contribution >= 0.6 is 0 Å². The van der Waals surface area contributed by atoms with Crippen molar-refractivity contribution in [3.63, 3.8) is 0 Å². The number of anilines is 1. The van der Waals surface area contributed by atoms with Gasteiger partial charge in [-0.25, -0.2) is 0 Å². The average Bonchev–Trinajstić information content (AvgIpc) is 3.76. The van der Waals surface area contributed by atoms with Gasteiger partial charge in [-0.3, -0.25) is 9.59 Å². The van der Waals surface area contributed by atoms with E-state index in [-0.39, 0.29) is 11.3 Å². The molecule has 1 amide bonds. The normalized spacial score (nSPS) is 30.9. The van der Waals surface area contributed by atoms with Gasteiger partial charge in [0.05, 0.1) is 5.41 Å². The molecule has 0 bridgehead atoms. The lowest BCUT2D eigenvalue weighted by Gasteiger charge is -2.39. The summed E-state index contributed by atoms with van der Waals surface area (Å²) in [6.07, 6.45) is 8.27. The van der Waals surface area contributed by atoms with E-state index in [1.54, 1.807) is 4.90 Å². The Labute approximate surface area is 224 Å². The lowest BCUT2D eigenvalue weighted by Crippen LogP contribution is -2.47. The molecule has 3 saturated carbocycles. The summed E-state index contributed by atoms with van der Waals surface area (Å²) in [5, 5.41) is 24.4. The van der Waals surface area contributed by atoms with Crippen molar-refractivity contribution in [3.8, 4) is 0 Å². The zero-order valence-electron chi connectivity index (χ0n) is 22.0. The molecule has 2 heterocycles. The van der Waals surface area contributed by atoms with Gasteiger partial charge in [0.15, 0.2) is 0 Å². The van der Waals surface area contributed by atoms with Crippen molar-refractivity contribution in [1.29, 1.82) is 0 Å². The summed E-state index contributed by atoms with van der Waals surface area (Å²) >= 11 is 0. The Morgan fingerprint density at radius 2 is 1.61 bits per heavy atom. The second kappa shape index (κ2) is 8.57. The third kappa shape index (κ3) is 3.55. The van der Waals surface area contributed by atoms with Crippen LogP contribution in [0.15, 0.2) is 48.5 Å². The Hall–Kier alpha value is -2.86. The van der Waals surface area contributed by atoms with Gasteiger partial charge in [-0.2, -0.15) is 0 Å². The van der Waals surface area contributed by atoms with Gasteiger partial charge in [-0.05, 0) is 85.0 Å². The fourth-order valence-corrected chi connectivity index (χ4v) is 8.42. The van der Waals surface area contributed by atoms with Gasteiger partial charge in [-0.1, -0.05) is 55.3 Å². The number of benzene rings is 2. The zero-order chi connectivity index (χ0) is 26.1. The number of hydrogen-bond acceptors (Lipinski definition) is 4. The number of amides is 1. The average molecular weight is 515 g/mol. The number of carbonyl (C=O) groups is 2. The molecule has 4 fully saturated rings. The standard InChI is InChI=1S/C32H38N2O4/c35-28(31(38)13-14-31)34-17-15-30(16-18-34)20-32(30,29(36)37)23-11-9-21(10-12-23)25-19-33-26-8-4-3-7-24(26)27(25)22-5-1-2-6-22/h3-4,7-12,22,25,27,33,38H,1-2,5-6,13-20H2,(H,36,37)/t25?,27?,32-/m0/s1. The molecular formula is C32H38N2O4. The van der Waals surface area contributed by atoms with E-state index >= 15 is 0 Å². The molecule has 2 aromatic rings. The first-order chi connectivity index (χ1) is 18.4. The summed E-state index contributed by atoms with van der Waals surface area (Å²) in [7, 11) is 0. The minimum Gasteiger partial charge on any atom is -0.481 e. The molecule has 2 aromatic carbocycles. The molecule has 6 heteroatoms. The maximum atomic E-state index is 12.8. The molecule has 2 aliphatic heterocycles. The number of piperidine rings is 1. The molecule has 0 radical (unpaired) electrons.